The summed E-state index contributed by atoms with van der Waals surface area (Å²) >= 11 is 0. The summed E-state index contributed by atoms with van der Waals surface area (Å²) in [7, 11) is 1.69. The van der Waals surface area contributed by atoms with E-state index in [1.165, 1.54) is 11.3 Å². The number of nitrogens with zero attached hydrogens (tertiary/aromatic N) is 4. The zero-order valence-corrected chi connectivity index (χ0v) is 12.2. The van der Waals surface area contributed by atoms with Crippen LogP contribution in [0, 0.1) is 0 Å². The van der Waals surface area contributed by atoms with E-state index in [2.05, 4.69) is 22.0 Å². The number of hydrogen-bond donors (Lipinski definition) is 0. The Morgan fingerprint density at radius 2 is 2.29 bits per heavy atom. The van der Waals surface area contributed by atoms with Gasteiger partial charge in [0, 0.05) is 19.4 Å². The summed E-state index contributed by atoms with van der Waals surface area (Å²) in [4.78, 5) is 22.2. The molecule has 0 spiro atoms. The van der Waals surface area contributed by atoms with Gasteiger partial charge >= 0.3 is 0 Å². The van der Waals surface area contributed by atoms with Gasteiger partial charge in [0.1, 0.15) is 12.3 Å². The fourth-order valence-corrected chi connectivity index (χ4v) is 2.19. The highest BCUT2D eigenvalue weighted by Crippen LogP contribution is 2.41. The minimum atomic E-state index is -0.180. The van der Waals surface area contributed by atoms with E-state index in [9.17, 15) is 4.79 Å². The third kappa shape index (κ3) is 2.96. The number of amides is 1. The molecule has 0 N–H and O–H groups in total. The number of aryl methyl sites for hydroxylation is 1. The van der Waals surface area contributed by atoms with Crippen LogP contribution in [-0.4, -0.2) is 33.0 Å². The van der Waals surface area contributed by atoms with E-state index < -0.39 is 0 Å². The zero-order valence-electron chi connectivity index (χ0n) is 12.2. The first-order chi connectivity index (χ1) is 10.2. The molecule has 7 heteroatoms. The highest BCUT2D eigenvalue weighted by molar-refractivity contribution is 5.93. The molecule has 0 unspecified atom stereocenters. The van der Waals surface area contributed by atoms with Gasteiger partial charge in [0.2, 0.25) is 5.89 Å². The molecule has 7 nitrogen and oxygen atoms in total. The number of carbonyl (C=O) groups excluding carboxylic acids is 1. The number of aromatic nitrogens is 3. The van der Waals surface area contributed by atoms with Crippen LogP contribution >= 0.6 is 0 Å². The lowest BCUT2D eigenvalue weighted by molar-refractivity contribution is 0.0762. The van der Waals surface area contributed by atoms with E-state index in [-0.39, 0.29) is 12.5 Å². The van der Waals surface area contributed by atoms with Crippen LogP contribution in [0.2, 0.25) is 0 Å². The molecule has 0 atom stereocenters. The van der Waals surface area contributed by atoms with Gasteiger partial charge in [-0.15, -0.1) is 0 Å². The molecule has 0 radical (unpaired) electrons. The summed E-state index contributed by atoms with van der Waals surface area (Å²) in [6, 6.07) is 0. The van der Waals surface area contributed by atoms with E-state index >= 15 is 0 Å². The number of hydrogen-bond acceptors (Lipinski definition) is 6. The highest BCUT2D eigenvalue weighted by atomic mass is 16.5. The van der Waals surface area contributed by atoms with Gasteiger partial charge in [-0.2, -0.15) is 4.98 Å². The summed E-state index contributed by atoms with van der Waals surface area (Å²) in [6.45, 7) is 2.32. The van der Waals surface area contributed by atoms with Crippen molar-refractivity contribution in [3.8, 4) is 0 Å². The van der Waals surface area contributed by atoms with Gasteiger partial charge < -0.3 is 13.8 Å². The lowest BCUT2D eigenvalue weighted by Gasteiger charge is -2.13. The first kappa shape index (κ1) is 13.8. The Kier molecular flexibility index (Phi) is 3.72. The average molecular weight is 290 g/mol. The Morgan fingerprint density at radius 1 is 1.48 bits per heavy atom. The molecular weight excluding hydrogens is 272 g/mol. The van der Waals surface area contributed by atoms with E-state index in [4.69, 9.17) is 8.94 Å². The lowest BCUT2D eigenvalue weighted by atomic mass is 10.2. The summed E-state index contributed by atoms with van der Waals surface area (Å²) in [5, 5.41) is 3.88. The lowest BCUT2D eigenvalue weighted by Crippen LogP contribution is -2.27. The highest BCUT2D eigenvalue weighted by Gasteiger charge is 2.33. The van der Waals surface area contributed by atoms with Gasteiger partial charge in [-0.3, -0.25) is 4.79 Å². The number of oxazole rings is 1. The first-order valence-electron chi connectivity index (χ1n) is 7.19. The third-order valence-electron chi connectivity index (χ3n) is 3.45. The Hall–Kier alpha value is -2.18. The normalized spacial score (nSPS) is 14.4. The van der Waals surface area contributed by atoms with Crippen molar-refractivity contribution in [1.82, 2.24) is 20.0 Å². The van der Waals surface area contributed by atoms with Crippen LogP contribution in [0.5, 0.6) is 0 Å². The molecule has 1 fully saturated rings. The number of carbonyl (C=O) groups is 1. The maximum atomic E-state index is 12.4. The van der Waals surface area contributed by atoms with Gasteiger partial charge in [0.25, 0.3) is 5.91 Å². The fraction of sp³-hybridized carbons (Fsp3) is 0.571. The third-order valence-corrected chi connectivity index (χ3v) is 3.45. The van der Waals surface area contributed by atoms with Crippen LogP contribution in [-0.2, 0) is 13.0 Å². The van der Waals surface area contributed by atoms with Crippen LogP contribution in [0.15, 0.2) is 15.3 Å². The molecule has 2 aromatic rings. The topological polar surface area (TPSA) is 85.3 Å². The van der Waals surface area contributed by atoms with Crippen LogP contribution in [0.25, 0.3) is 0 Å². The quantitative estimate of drug-likeness (QED) is 0.810. The van der Waals surface area contributed by atoms with Crippen molar-refractivity contribution >= 4 is 5.91 Å². The Balaban J connectivity index is 1.67. The van der Waals surface area contributed by atoms with Crippen molar-refractivity contribution in [2.75, 3.05) is 7.05 Å². The van der Waals surface area contributed by atoms with Crippen molar-refractivity contribution in [3.63, 3.8) is 0 Å². The van der Waals surface area contributed by atoms with Gasteiger partial charge in [-0.25, -0.2) is 4.98 Å². The SMILES string of the molecule is CCCc1noc(CN(C)C(=O)c2ncoc2C2CC2)n1. The smallest absolute Gasteiger partial charge is 0.276 e. The molecule has 0 aromatic carbocycles. The Bertz CT molecular complexity index is 630. The maximum absolute atomic E-state index is 12.4. The van der Waals surface area contributed by atoms with Crippen molar-refractivity contribution in [2.45, 2.75) is 45.1 Å². The van der Waals surface area contributed by atoms with Crippen LogP contribution in [0.4, 0.5) is 0 Å². The Morgan fingerprint density at radius 3 is 3.00 bits per heavy atom. The molecule has 2 heterocycles. The molecule has 1 amide bonds. The number of rotatable bonds is 6. The molecule has 1 aliphatic rings. The van der Waals surface area contributed by atoms with Crippen molar-refractivity contribution in [2.24, 2.45) is 0 Å². The first-order valence-corrected chi connectivity index (χ1v) is 7.19. The molecule has 1 saturated carbocycles. The molecule has 0 aliphatic heterocycles. The van der Waals surface area contributed by atoms with E-state index in [1.807, 2.05) is 0 Å². The summed E-state index contributed by atoms with van der Waals surface area (Å²) in [5.74, 6) is 1.98. The molecule has 0 saturated heterocycles. The predicted octanol–water partition coefficient (Wildman–Crippen LogP) is 2.16. The Labute approximate surface area is 122 Å². The van der Waals surface area contributed by atoms with Crippen LogP contribution < -0.4 is 0 Å². The van der Waals surface area contributed by atoms with Gasteiger partial charge in [0.15, 0.2) is 17.9 Å². The molecule has 3 rings (SSSR count). The van der Waals surface area contributed by atoms with Gasteiger partial charge in [-0.1, -0.05) is 12.1 Å². The molecule has 21 heavy (non-hydrogen) atoms. The average Bonchev–Trinajstić information content (AvgIpc) is 3.03. The molecular formula is C14H18N4O3. The summed E-state index contributed by atoms with van der Waals surface area (Å²) < 4.78 is 10.5. The van der Waals surface area contributed by atoms with Crippen molar-refractivity contribution in [1.29, 1.82) is 0 Å². The largest absolute Gasteiger partial charge is 0.447 e. The van der Waals surface area contributed by atoms with Crippen LogP contribution in [0.3, 0.4) is 0 Å². The van der Waals surface area contributed by atoms with Crippen LogP contribution in [0.1, 0.15) is 60.1 Å². The maximum Gasteiger partial charge on any atom is 0.276 e. The second-order valence-corrected chi connectivity index (χ2v) is 5.36. The molecule has 1 aliphatic carbocycles. The molecule has 112 valence electrons. The van der Waals surface area contributed by atoms with E-state index in [0.717, 1.165) is 25.7 Å². The van der Waals surface area contributed by atoms with Gasteiger partial charge in [0.05, 0.1) is 0 Å². The minimum Gasteiger partial charge on any atom is -0.447 e. The van der Waals surface area contributed by atoms with E-state index in [0.29, 0.717) is 29.1 Å². The predicted molar refractivity (Wildman–Crippen MR) is 72.6 cm³/mol. The van der Waals surface area contributed by atoms with E-state index in [1.54, 1.807) is 7.05 Å². The second kappa shape index (κ2) is 5.67. The zero-order chi connectivity index (χ0) is 14.8. The van der Waals surface area contributed by atoms with Crippen molar-refractivity contribution < 1.29 is 13.7 Å². The summed E-state index contributed by atoms with van der Waals surface area (Å²) in [5.41, 5.74) is 0.397. The summed E-state index contributed by atoms with van der Waals surface area (Å²) in [6.07, 6.45) is 5.18. The van der Waals surface area contributed by atoms with Crippen molar-refractivity contribution in [3.05, 3.63) is 29.6 Å². The molecule has 2 aromatic heterocycles. The van der Waals surface area contributed by atoms with Gasteiger partial charge in [-0.05, 0) is 19.3 Å². The monoisotopic (exact) mass is 290 g/mol. The fourth-order valence-electron chi connectivity index (χ4n) is 2.19. The minimum absolute atomic E-state index is 0.180. The molecule has 0 bridgehead atoms. The standard InChI is InChI=1S/C14H18N4O3/c1-3-4-10-16-11(21-17-10)7-18(2)14(19)12-13(9-5-6-9)20-8-15-12/h8-9H,3-7H2,1-2H3. The second-order valence-electron chi connectivity index (χ2n) is 5.36.